The van der Waals surface area contributed by atoms with Crippen molar-refractivity contribution < 1.29 is 13.6 Å². The van der Waals surface area contributed by atoms with E-state index in [1.54, 1.807) is 11.0 Å². The van der Waals surface area contributed by atoms with Gasteiger partial charge in [-0.05, 0) is 12.1 Å². The molecule has 1 heterocycles. The lowest BCUT2D eigenvalue weighted by molar-refractivity contribution is -0.122. The summed E-state index contributed by atoms with van der Waals surface area (Å²) in [6.07, 6.45) is 0. The van der Waals surface area contributed by atoms with Gasteiger partial charge in [0.25, 0.3) is 0 Å². The quantitative estimate of drug-likeness (QED) is 0.832. The molecule has 0 saturated carbocycles. The Morgan fingerprint density at radius 1 is 1.29 bits per heavy atom. The first-order chi connectivity index (χ1) is 10.1. The van der Waals surface area contributed by atoms with E-state index in [0.717, 1.165) is 6.07 Å². The molecule has 1 amide bonds. The van der Waals surface area contributed by atoms with E-state index in [9.17, 15) is 13.6 Å². The zero-order valence-electron chi connectivity index (χ0n) is 11.5. The van der Waals surface area contributed by atoms with Crippen LogP contribution < -0.4 is 10.2 Å². The van der Waals surface area contributed by atoms with Crippen LogP contribution in [-0.4, -0.2) is 50.1 Å². The summed E-state index contributed by atoms with van der Waals surface area (Å²) in [4.78, 5) is 15.2. The van der Waals surface area contributed by atoms with Crippen molar-refractivity contribution in [3.05, 3.63) is 29.8 Å². The minimum Gasteiger partial charge on any atom is -0.367 e. The van der Waals surface area contributed by atoms with Crippen LogP contribution in [0, 0.1) is 23.0 Å². The molecule has 1 aliphatic rings. The molecule has 7 heteroatoms. The number of benzene rings is 1. The third-order valence-electron chi connectivity index (χ3n) is 3.38. The van der Waals surface area contributed by atoms with Gasteiger partial charge in [0.2, 0.25) is 5.91 Å². The van der Waals surface area contributed by atoms with Crippen LogP contribution in [0.4, 0.5) is 14.5 Å². The highest BCUT2D eigenvalue weighted by atomic mass is 19.2. The predicted octanol–water partition coefficient (Wildman–Crippen LogP) is 0.727. The van der Waals surface area contributed by atoms with Crippen LogP contribution in [0.3, 0.4) is 0 Å². The van der Waals surface area contributed by atoms with E-state index < -0.39 is 11.6 Å². The van der Waals surface area contributed by atoms with Gasteiger partial charge in [0.1, 0.15) is 6.54 Å². The molecule has 1 aliphatic heterocycles. The molecule has 0 aromatic heterocycles. The second kappa shape index (κ2) is 6.99. The van der Waals surface area contributed by atoms with Crippen LogP contribution in [0.25, 0.3) is 0 Å². The van der Waals surface area contributed by atoms with Crippen molar-refractivity contribution >= 4 is 11.6 Å². The Balaban J connectivity index is 1.87. The van der Waals surface area contributed by atoms with E-state index in [1.165, 1.54) is 6.07 Å². The summed E-state index contributed by atoms with van der Waals surface area (Å²) >= 11 is 0. The molecule has 2 rings (SSSR count). The van der Waals surface area contributed by atoms with Gasteiger partial charge in [0, 0.05) is 26.2 Å². The van der Waals surface area contributed by atoms with Crippen molar-refractivity contribution in [3.63, 3.8) is 0 Å². The number of hydrogen-bond acceptors (Lipinski definition) is 4. The molecule has 0 bridgehead atoms. The average molecular weight is 294 g/mol. The largest absolute Gasteiger partial charge is 0.367 e. The first-order valence-corrected chi connectivity index (χ1v) is 6.67. The fourth-order valence-electron chi connectivity index (χ4n) is 2.28. The molecule has 0 spiro atoms. The lowest BCUT2D eigenvalue weighted by Gasteiger charge is -2.35. The van der Waals surface area contributed by atoms with Crippen LogP contribution >= 0.6 is 0 Å². The number of halogens is 2. The van der Waals surface area contributed by atoms with Crippen molar-refractivity contribution in [3.8, 4) is 6.07 Å². The Hall–Kier alpha value is -2.20. The SMILES string of the molecule is N#CCNC(=O)CN1CCN(c2cccc(F)c2F)CC1. The number of nitrogens with one attached hydrogen (secondary N) is 1. The predicted molar refractivity (Wildman–Crippen MR) is 73.6 cm³/mol. The topological polar surface area (TPSA) is 59.4 Å². The molecule has 0 atom stereocenters. The van der Waals surface area contributed by atoms with Crippen LogP contribution in [0.2, 0.25) is 0 Å². The van der Waals surface area contributed by atoms with Gasteiger partial charge in [-0.2, -0.15) is 5.26 Å². The minimum atomic E-state index is -0.856. The summed E-state index contributed by atoms with van der Waals surface area (Å²) in [6.45, 7) is 2.40. The van der Waals surface area contributed by atoms with E-state index in [-0.39, 0.29) is 24.7 Å². The van der Waals surface area contributed by atoms with Gasteiger partial charge in [-0.15, -0.1) is 0 Å². The number of hydrogen-bond donors (Lipinski definition) is 1. The highest BCUT2D eigenvalue weighted by Crippen LogP contribution is 2.22. The van der Waals surface area contributed by atoms with Gasteiger partial charge in [-0.25, -0.2) is 8.78 Å². The fourth-order valence-corrected chi connectivity index (χ4v) is 2.28. The van der Waals surface area contributed by atoms with E-state index in [0.29, 0.717) is 26.2 Å². The first kappa shape index (κ1) is 15.2. The Kier molecular flexibility index (Phi) is 5.06. The molecule has 1 fully saturated rings. The number of rotatable bonds is 4. The van der Waals surface area contributed by atoms with Crippen molar-refractivity contribution in [2.45, 2.75) is 0 Å². The molecule has 5 nitrogen and oxygen atoms in total. The summed E-state index contributed by atoms with van der Waals surface area (Å²) in [5.41, 5.74) is 0.253. The Bertz CT molecular complexity index is 550. The highest BCUT2D eigenvalue weighted by molar-refractivity contribution is 5.78. The molecule has 1 saturated heterocycles. The second-order valence-corrected chi connectivity index (χ2v) is 4.77. The molecule has 112 valence electrons. The van der Waals surface area contributed by atoms with Crippen LogP contribution in [0.1, 0.15) is 0 Å². The van der Waals surface area contributed by atoms with Gasteiger partial charge in [0.15, 0.2) is 11.6 Å². The zero-order valence-corrected chi connectivity index (χ0v) is 11.5. The van der Waals surface area contributed by atoms with Gasteiger partial charge < -0.3 is 10.2 Å². The molecule has 1 aromatic rings. The Morgan fingerprint density at radius 2 is 2.00 bits per heavy atom. The van der Waals surface area contributed by atoms with E-state index in [2.05, 4.69) is 5.32 Å². The normalized spacial score (nSPS) is 15.6. The number of anilines is 1. The summed E-state index contributed by atoms with van der Waals surface area (Å²) in [5.74, 6) is -1.90. The lowest BCUT2D eigenvalue weighted by atomic mass is 10.2. The maximum atomic E-state index is 13.7. The number of carbonyl (C=O) groups is 1. The summed E-state index contributed by atoms with van der Waals surface area (Å²) in [7, 11) is 0. The number of nitrogens with zero attached hydrogens (tertiary/aromatic N) is 3. The standard InChI is InChI=1S/C14H16F2N4O/c15-11-2-1-3-12(14(11)16)20-8-6-19(7-9-20)10-13(21)18-5-4-17/h1-3H,5-10H2,(H,18,21). The van der Waals surface area contributed by atoms with Gasteiger partial charge in [-0.1, -0.05) is 6.07 Å². The van der Waals surface area contributed by atoms with Crippen molar-refractivity contribution in [1.29, 1.82) is 5.26 Å². The second-order valence-electron chi connectivity index (χ2n) is 4.77. The van der Waals surface area contributed by atoms with Crippen molar-refractivity contribution in [2.24, 2.45) is 0 Å². The van der Waals surface area contributed by atoms with Crippen molar-refractivity contribution in [1.82, 2.24) is 10.2 Å². The highest BCUT2D eigenvalue weighted by Gasteiger charge is 2.21. The Morgan fingerprint density at radius 3 is 2.67 bits per heavy atom. The summed E-state index contributed by atoms with van der Waals surface area (Å²) in [5, 5.41) is 10.9. The molecular formula is C14H16F2N4O. The Labute approximate surface area is 121 Å². The maximum Gasteiger partial charge on any atom is 0.235 e. The van der Waals surface area contributed by atoms with Gasteiger partial charge in [-0.3, -0.25) is 9.69 Å². The molecule has 21 heavy (non-hydrogen) atoms. The monoisotopic (exact) mass is 294 g/mol. The fraction of sp³-hybridized carbons (Fsp3) is 0.429. The molecule has 0 unspecified atom stereocenters. The zero-order chi connectivity index (χ0) is 15.2. The minimum absolute atomic E-state index is 0.00665. The van der Waals surface area contributed by atoms with Crippen LogP contribution in [0.5, 0.6) is 0 Å². The average Bonchev–Trinajstić information content (AvgIpc) is 2.49. The van der Waals surface area contributed by atoms with Gasteiger partial charge in [0.05, 0.1) is 18.3 Å². The molecule has 0 radical (unpaired) electrons. The van der Waals surface area contributed by atoms with Crippen LogP contribution in [0.15, 0.2) is 18.2 Å². The van der Waals surface area contributed by atoms with E-state index in [1.807, 2.05) is 11.0 Å². The van der Waals surface area contributed by atoms with E-state index in [4.69, 9.17) is 5.26 Å². The summed E-state index contributed by atoms with van der Waals surface area (Å²) < 4.78 is 26.9. The lowest BCUT2D eigenvalue weighted by Crippen LogP contribution is -2.49. The number of nitriles is 1. The third-order valence-corrected chi connectivity index (χ3v) is 3.38. The smallest absolute Gasteiger partial charge is 0.235 e. The number of carbonyl (C=O) groups excluding carboxylic acids is 1. The van der Waals surface area contributed by atoms with E-state index >= 15 is 0 Å². The molecular weight excluding hydrogens is 278 g/mol. The molecule has 0 aliphatic carbocycles. The van der Waals surface area contributed by atoms with Crippen LogP contribution in [-0.2, 0) is 4.79 Å². The summed E-state index contributed by atoms with van der Waals surface area (Å²) in [6, 6.07) is 5.96. The molecule has 1 N–H and O–H groups in total. The maximum absolute atomic E-state index is 13.7. The number of piperazine rings is 1. The number of amides is 1. The first-order valence-electron chi connectivity index (χ1n) is 6.67. The van der Waals surface area contributed by atoms with Gasteiger partial charge >= 0.3 is 0 Å². The third kappa shape index (κ3) is 3.89. The molecule has 1 aromatic carbocycles. The van der Waals surface area contributed by atoms with Crippen molar-refractivity contribution in [2.75, 3.05) is 44.2 Å².